The standard InChI is InChI=1S/C43H52O16S3/c1-16(44)60-34-28-22(48-37(4,5)54-28)19(23-29(34)55-38(6,7)49-23)43(47,20-24-30(56-39(8,9)50-24)35(61-17(2)45)31-25(20)51-40(10,11)57-31)21-26-32(58-41(12,13)52-26)36(62-18(3)46)33-27(21)53-42(14,15)59-33/h16-18,44-47H,1-15H3. The first-order chi connectivity index (χ1) is 28.4. The van der Waals surface area contributed by atoms with Gasteiger partial charge in [0.2, 0.25) is 34.7 Å². The van der Waals surface area contributed by atoms with E-state index < -0.39 is 56.6 Å². The summed E-state index contributed by atoms with van der Waals surface area (Å²) in [5.41, 5.74) is -5.71. The third-order valence-electron chi connectivity index (χ3n) is 9.96. The molecule has 3 atom stereocenters. The molecule has 0 bridgehead atoms. The van der Waals surface area contributed by atoms with E-state index >= 15 is 5.11 Å². The third-order valence-corrected chi connectivity index (χ3v) is 12.8. The molecule has 62 heavy (non-hydrogen) atoms. The average molecular weight is 921 g/mol. The SMILES string of the molecule is CC(O)Sc1c2c(c(C(O)(c3c4c(c(SC(C)O)c5c3OC(C)(C)O5)OC(C)(C)O4)c3c4c(c(SC(C)O)c5c3OC(C)(C)O5)OC(C)(C)O4)c3c1OC(C)(C)O3)OC(C)(C)O2. The Morgan fingerprint density at radius 3 is 0.613 bits per heavy atom. The molecular formula is C43H52O16S3. The highest BCUT2D eigenvalue weighted by molar-refractivity contribution is 8.00. The van der Waals surface area contributed by atoms with Crippen LogP contribution in [-0.2, 0) is 5.60 Å². The molecule has 3 unspecified atom stereocenters. The Labute approximate surface area is 372 Å². The summed E-state index contributed by atoms with van der Waals surface area (Å²) in [5, 5.41) is 47.7. The molecule has 338 valence electrons. The van der Waals surface area contributed by atoms with E-state index in [9.17, 15) is 15.3 Å². The van der Waals surface area contributed by atoms with Crippen LogP contribution < -0.4 is 56.8 Å². The zero-order chi connectivity index (χ0) is 45.2. The fourth-order valence-corrected chi connectivity index (χ4v) is 10.8. The fourth-order valence-electron chi connectivity index (χ4n) is 8.33. The number of rotatable bonds is 9. The quantitative estimate of drug-likeness (QED) is 0.0909. The maximum atomic E-state index is 15.1. The largest absolute Gasteiger partial charge is 0.448 e. The molecule has 16 nitrogen and oxygen atoms in total. The number of benzene rings is 3. The number of thioether (sulfide) groups is 3. The molecule has 6 aliphatic heterocycles. The van der Waals surface area contributed by atoms with Gasteiger partial charge in [-0.05, 0) is 20.8 Å². The van der Waals surface area contributed by atoms with Crippen molar-refractivity contribution in [3.63, 3.8) is 0 Å². The predicted octanol–water partition coefficient (Wildman–Crippen LogP) is 8.31. The molecule has 0 fully saturated rings. The highest BCUT2D eigenvalue weighted by Crippen LogP contribution is 2.73. The number of aliphatic hydroxyl groups excluding tert-OH is 3. The number of hydrogen-bond acceptors (Lipinski definition) is 19. The lowest BCUT2D eigenvalue weighted by molar-refractivity contribution is -0.0558. The van der Waals surface area contributed by atoms with Gasteiger partial charge in [0.1, 0.15) is 31.0 Å². The van der Waals surface area contributed by atoms with Crippen molar-refractivity contribution in [2.75, 3.05) is 0 Å². The van der Waals surface area contributed by atoms with Gasteiger partial charge in [-0.2, -0.15) is 0 Å². The van der Waals surface area contributed by atoms with E-state index in [1.165, 1.54) is 0 Å². The highest BCUT2D eigenvalue weighted by Gasteiger charge is 2.62. The van der Waals surface area contributed by atoms with Crippen LogP contribution in [0.1, 0.15) is 121 Å². The topological polar surface area (TPSA) is 192 Å². The first-order valence-electron chi connectivity index (χ1n) is 20.2. The minimum atomic E-state index is -2.68. The first kappa shape index (κ1) is 43.4. The van der Waals surface area contributed by atoms with Gasteiger partial charge in [0.05, 0.1) is 16.7 Å². The van der Waals surface area contributed by atoms with Gasteiger partial charge in [0.25, 0.3) is 0 Å². The van der Waals surface area contributed by atoms with Crippen molar-refractivity contribution in [2.24, 2.45) is 0 Å². The second-order valence-corrected chi connectivity index (χ2v) is 22.5. The second-order valence-electron chi connectivity index (χ2n) is 18.5. The van der Waals surface area contributed by atoms with Crippen LogP contribution in [0.3, 0.4) is 0 Å². The summed E-state index contributed by atoms with van der Waals surface area (Å²) in [4.78, 5) is 1.06. The maximum Gasteiger partial charge on any atom is 0.246 e. The van der Waals surface area contributed by atoms with Gasteiger partial charge in [-0.25, -0.2) is 0 Å². The summed E-state index contributed by atoms with van der Waals surface area (Å²) in [6.45, 7) is 25.3. The van der Waals surface area contributed by atoms with E-state index in [2.05, 4.69) is 0 Å². The predicted molar refractivity (Wildman–Crippen MR) is 226 cm³/mol. The lowest BCUT2D eigenvalue weighted by atomic mass is 9.76. The van der Waals surface area contributed by atoms with Crippen molar-refractivity contribution in [2.45, 2.75) is 175 Å². The van der Waals surface area contributed by atoms with Crippen molar-refractivity contribution in [3.8, 4) is 69.0 Å². The summed E-state index contributed by atoms with van der Waals surface area (Å²) >= 11 is 3.15. The van der Waals surface area contributed by atoms with E-state index in [1.807, 2.05) is 0 Å². The summed E-state index contributed by atoms with van der Waals surface area (Å²) in [5.74, 6) is -7.09. The highest BCUT2D eigenvalue weighted by atomic mass is 32.2. The van der Waals surface area contributed by atoms with Crippen molar-refractivity contribution in [3.05, 3.63) is 16.7 Å². The molecule has 3 aromatic carbocycles. The van der Waals surface area contributed by atoms with E-state index in [0.29, 0.717) is 14.7 Å². The van der Waals surface area contributed by atoms with Crippen molar-refractivity contribution in [1.29, 1.82) is 0 Å². The molecular weight excluding hydrogens is 869 g/mol. The molecule has 19 heteroatoms. The zero-order valence-electron chi connectivity index (χ0n) is 37.1. The van der Waals surface area contributed by atoms with Crippen molar-refractivity contribution >= 4 is 35.3 Å². The van der Waals surface area contributed by atoms with Crippen LogP contribution in [0.15, 0.2) is 14.7 Å². The van der Waals surface area contributed by atoms with Gasteiger partial charge in [-0.3, -0.25) is 0 Å². The third kappa shape index (κ3) is 6.83. The molecule has 0 aliphatic carbocycles. The van der Waals surface area contributed by atoms with Crippen LogP contribution in [-0.4, -0.2) is 71.5 Å². The summed E-state index contributed by atoms with van der Waals surface area (Å²) in [6.07, 6.45) is 0. The smallest absolute Gasteiger partial charge is 0.246 e. The van der Waals surface area contributed by atoms with Gasteiger partial charge in [0, 0.05) is 83.1 Å². The molecule has 0 aromatic heterocycles. The Kier molecular flexibility index (Phi) is 9.35. The number of aliphatic hydroxyl groups is 4. The van der Waals surface area contributed by atoms with Crippen molar-refractivity contribution < 1.29 is 77.3 Å². The van der Waals surface area contributed by atoms with Gasteiger partial charge in [0.15, 0.2) is 74.6 Å². The summed E-state index contributed by atoms with van der Waals surface area (Å²) in [7, 11) is 0. The molecule has 0 radical (unpaired) electrons. The molecule has 0 spiro atoms. The number of fused-ring (bicyclic) bond motifs is 6. The average Bonchev–Trinajstić information content (AvgIpc) is 3.90. The zero-order valence-corrected chi connectivity index (χ0v) is 39.6. The lowest BCUT2D eigenvalue weighted by Gasteiger charge is -2.35. The van der Waals surface area contributed by atoms with E-state index in [4.69, 9.17) is 56.8 Å². The normalized spacial score (nSPS) is 23.3. The van der Waals surface area contributed by atoms with Crippen LogP contribution in [0.4, 0.5) is 0 Å². The molecule has 6 heterocycles. The second kappa shape index (κ2) is 13.4. The van der Waals surface area contributed by atoms with Gasteiger partial charge >= 0.3 is 0 Å². The Morgan fingerprint density at radius 2 is 0.468 bits per heavy atom. The van der Waals surface area contributed by atoms with Crippen LogP contribution in [0.25, 0.3) is 0 Å². The molecule has 4 N–H and O–H groups in total. The van der Waals surface area contributed by atoms with Crippen LogP contribution in [0.5, 0.6) is 69.0 Å². The van der Waals surface area contributed by atoms with Gasteiger partial charge < -0.3 is 77.3 Å². The molecule has 3 aromatic rings. The Balaban J connectivity index is 1.53. The lowest BCUT2D eigenvalue weighted by Crippen LogP contribution is -2.36. The monoisotopic (exact) mass is 920 g/mol. The summed E-state index contributed by atoms with van der Waals surface area (Å²) in [6, 6.07) is 0. The molecule has 0 saturated carbocycles. The van der Waals surface area contributed by atoms with Gasteiger partial charge in [-0.1, -0.05) is 35.3 Å². The van der Waals surface area contributed by atoms with Crippen LogP contribution in [0, 0.1) is 0 Å². The number of hydrogen-bond donors (Lipinski definition) is 4. The molecule has 6 aliphatic rings. The van der Waals surface area contributed by atoms with Gasteiger partial charge in [-0.15, -0.1) is 0 Å². The molecule has 0 saturated heterocycles. The first-order valence-corrected chi connectivity index (χ1v) is 22.8. The van der Waals surface area contributed by atoms with Crippen molar-refractivity contribution in [1.82, 2.24) is 0 Å². The molecule has 0 amide bonds. The molecule has 9 rings (SSSR count). The Morgan fingerprint density at radius 1 is 0.323 bits per heavy atom. The fraction of sp³-hybridized carbons (Fsp3) is 0.581. The van der Waals surface area contributed by atoms with E-state index in [-0.39, 0.29) is 85.7 Å². The van der Waals surface area contributed by atoms with E-state index in [0.717, 1.165) is 35.3 Å². The minimum Gasteiger partial charge on any atom is -0.448 e. The maximum absolute atomic E-state index is 15.1. The number of ether oxygens (including phenoxy) is 12. The summed E-state index contributed by atoms with van der Waals surface area (Å²) < 4.78 is 79.9. The Hall–Kier alpha value is -3.85. The van der Waals surface area contributed by atoms with Crippen LogP contribution in [0.2, 0.25) is 0 Å². The Bertz CT molecular complexity index is 2040. The van der Waals surface area contributed by atoms with E-state index in [1.54, 1.807) is 104 Å². The van der Waals surface area contributed by atoms with Crippen LogP contribution >= 0.6 is 35.3 Å². The minimum absolute atomic E-state index is 0.0169.